The summed E-state index contributed by atoms with van der Waals surface area (Å²) in [5.41, 5.74) is 2.08. The van der Waals surface area contributed by atoms with Crippen LogP contribution >= 0.6 is 0 Å². The van der Waals surface area contributed by atoms with Gasteiger partial charge in [0.2, 0.25) is 0 Å². The highest BCUT2D eigenvalue weighted by atomic mass is 16.5. The molecule has 0 N–H and O–H groups in total. The maximum absolute atomic E-state index is 11.6. The van der Waals surface area contributed by atoms with Crippen molar-refractivity contribution in [3.05, 3.63) is 23.3 Å². The monoisotopic (exact) mass is 192 g/mol. The third-order valence-corrected chi connectivity index (χ3v) is 2.99. The second-order valence-corrected chi connectivity index (χ2v) is 3.85. The molecule has 0 aromatic carbocycles. The van der Waals surface area contributed by atoms with Crippen LogP contribution in [-0.2, 0) is 9.53 Å². The van der Waals surface area contributed by atoms with E-state index in [1.807, 2.05) is 13.0 Å². The lowest BCUT2D eigenvalue weighted by molar-refractivity contribution is -0.138. The van der Waals surface area contributed by atoms with Crippen LogP contribution in [0.15, 0.2) is 23.3 Å². The fraction of sp³-hybridized carbons (Fsp3) is 0.583. The minimum Gasteiger partial charge on any atom is -0.462 e. The Kier molecular flexibility index (Phi) is 2.71. The third-order valence-electron chi connectivity index (χ3n) is 2.99. The molecule has 0 heterocycles. The van der Waals surface area contributed by atoms with Gasteiger partial charge in [0.25, 0.3) is 0 Å². The van der Waals surface area contributed by atoms with Gasteiger partial charge in [0.1, 0.15) is 0 Å². The van der Waals surface area contributed by atoms with Gasteiger partial charge in [-0.1, -0.05) is 12.2 Å². The Morgan fingerprint density at radius 3 is 2.86 bits per heavy atom. The first kappa shape index (κ1) is 9.50. The van der Waals surface area contributed by atoms with E-state index < -0.39 is 0 Å². The van der Waals surface area contributed by atoms with Gasteiger partial charge in [0.15, 0.2) is 0 Å². The lowest BCUT2D eigenvalue weighted by Gasteiger charge is -2.20. The Bertz CT molecular complexity index is 299. The lowest BCUT2D eigenvalue weighted by atomic mass is 9.85. The van der Waals surface area contributed by atoms with Crippen LogP contribution in [-0.4, -0.2) is 12.6 Å². The first-order valence-corrected chi connectivity index (χ1v) is 5.40. The molecule has 0 aliphatic heterocycles. The normalized spacial score (nSPS) is 25.1. The molecule has 1 unspecified atom stereocenters. The second kappa shape index (κ2) is 3.99. The topological polar surface area (TPSA) is 26.3 Å². The number of fused-ring (bicyclic) bond motifs is 1. The van der Waals surface area contributed by atoms with E-state index in [4.69, 9.17) is 4.74 Å². The summed E-state index contributed by atoms with van der Waals surface area (Å²) in [5, 5.41) is 0. The number of allylic oxidation sites excluding steroid dienone is 2. The molecule has 0 amide bonds. The Hall–Kier alpha value is -1.05. The Balaban J connectivity index is 2.17. The predicted molar refractivity (Wildman–Crippen MR) is 54.8 cm³/mol. The minimum atomic E-state index is -0.134. The van der Waals surface area contributed by atoms with Crippen LogP contribution in [0.1, 0.15) is 32.6 Å². The highest BCUT2D eigenvalue weighted by Crippen LogP contribution is 2.38. The summed E-state index contributed by atoms with van der Waals surface area (Å²) < 4.78 is 5.04. The summed E-state index contributed by atoms with van der Waals surface area (Å²) >= 11 is 0. The zero-order valence-corrected chi connectivity index (χ0v) is 8.58. The zero-order valence-electron chi connectivity index (χ0n) is 8.58. The first-order chi connectivity index (χ1) is 6.83. The summed E-state index contributed by atoms with van der Waals surface area (Å²) in [6.45, 7) is 2.32. The van der Waals surface area contributed by atoms with Crippen molar-refractivity contribution in [1.29, 1.82) is 0 Å². The van der Waals surface area contributed by atoms with Gasteiger partial charge >= 0.3 is 5.97 Å². The quantitative estimate of drug-likeness (QED) is 0.629. The zero-order chi connectivity index (χ0) is 9.97. The molecule has 0 bridgehead atoms. The molecule has 2 rings (SSSR count). The van der Waals surface area contributed by atoms with Gasteiger partial charge in [0.05, 0.1) is 12.2 Å². The van der Waals surface area contributed by atoms with E-state index in [2.05, 4.69) is 6.08 Å². The van der Waals surface area contributed by atoms with Gasteiger partial charge in [0, 0.05) is 0 Å². The van der Waals surface area contributed by atoms with E-state index in [9.17, 15) is 4.79 Å². The van der Waals surface area contributed by atoms with Crippen LogP contribution < -0.4 is 0 Å². The Morgan fingerprint density at radius 1 is 1.43 bits per heavy atom. The van der Waals surface area contributed by atoms with E-state index in [-0.39, 0.29) is 5.97 Å². The summed E-state index contributed by atoms with van der Waals surface area (Å²) in [7, 11) is 0. The largest absolute Gasteiger partial charge is 0.462 e. The van der Waals surface area contributed by atoms with Crippen LogP contribution in [0.4, 0.5) is 0 Å². The maximum Gasteiger partial charge on any atom is 0.338 e. The molecule has 1 atom stereocenters. The van der Waals surface area contributed by atoms with Crippen molar-refractivity contribution in [3.63, 3.8) is 0 Å². The molecule has 0 saturated heterocycles. The Morgan fingerprint density at radius 2 is 2.14 bits per heavy atom. The average molecular weight is 192 g/mol. The smallest absolute Gasteiger partial charge is 0.338 e. The Labute approximate surface area is 84.6 Å². The molecule has 0 aromatic rings. The molecule has 2 aliphatic carbocycles. The van der Waals surface area contributed by atoms with Gasteiger partial charge in [-0.25, -0.2) is 4.79 Å². The fourth-order valence-electron chi connectivity index (χ4n) is 2.35. The molecular weight excluding hydrogens is 176 g/mol. The molecule has 0 radical (unpaired) electrons. The number of hydrogen-bond donors (Lipinski definition) is 0. The van der Waals surface area contributed by atoms with Gasteiger partial charge in [-0.15, -0.1) is 0 Å². The molecule has 2 nitrogen and oxygen atoms in total. The number of rotatable bonds is 2. The lowest BCUT2D eigenvalue weighted by Crippen LogP contribution is -2.16. The molecule has 0 aromatic heterocycles. The fourth-order valence-corrected chi connectivity index (χ4v) is 2.35. The van der Waals surface area contributed by atoms with Crippen molar-refractivity contribution < 1.29 is 9.53 Å². The molecule has 0 saturated carbocycles. The van der Waals surface area contributed by atoms with E-state index in [0.717, 1.165) is 18.4 Å². The van der Waals surface area contributed by atoms with Crippen LogP contribution in [0.2, 0.25) is 0 Å². The standard InChI is InChI=1S/C12H16O2/c1-2-14-12(13)11-8-4-6-9-5-3-7-10(9)11/h7-9H,2-6H2,1H3. The molecule has 2 aliphatic rings. The molecule has 0 spiro atoms. The van der Waals surface area contributed by atoms with Gasteiger partial charge in [-0.3, -0.25) is 0 Å². The van der Waals surface area contributed by atoms with Crippen LogP contribution in [0.25, 0.3) is 0 Å². The highest BCUT2D eigenvalue weighted by Gasteiger charge is 2.28. The third kappa shape index (κ3) is 1.61. The minimum absolute atomic E-state index is 0.134. The number of hydrogen-bond acceptors (Lipinski definition) is 2. The van der Waals surface area contributed by atoms with Crippen molar-refractivity contribution in [2.75, 3.05) is 6.61 Å². The van der Waals surface area contributed by atoms with Gasteiger partial charge < -0.3 is 4.74 Å². The molecule has 0 fully saturated rings. The number of ether oxygens (including phenoxy) is 1. The SMILES string of the molecule is CCOC(=O)C1=CCCC2CCC=C12. The van der Waals surface area contributed by atoms with Crippen molar-refractivity contribution in [2.45, 2.75) is 32.6 Å². The molecule has 76 valence electrons. The summed E-state index contributed by atoms with van der Waals surface area (Å²) in [6.07, 6.45) is 8.80. The van der Waals surface area contributed by atoms with Crippen LogP contribution in [0.5, 0.6) is 0 Å². The van der Waals surface area contributed by atoms with E-state index >= 15 is 0 Å². The number of carbonyl (C=O) groups excluding carboxylic acids is 1. The summed E-state index contributed by atoms with van der Waals surface area (Å²) in [6, 6.07) is 0. The van der Waals surface area contributed by atoms with Crippen LogP contribution in [0.3, 0.4) is 0 Å². The second-order valence-electron chi connectivity index (χ2n) is 3.85. The molecular formula is C12H16O2. The average Bonchev–Trinajstić information content (AvgIpc) is 2.65. The van der Waals surface area contributed by atoms with E-state index in [0.29, 0.717) is 12.5 Å². The van der Waals surface area contributed by atoms with Crippen molar-refractivity contribution in [1.82, 2.24) is 0 Å². The van der Waals surface area contributed by atoms with Crippen molar-refractivity contribution in [3.8, 4) is 0 Å². The summed E-state index contributed by atoms with van der Waals surface area (Å²) in [5.74, 6) is 0.491. The van der Waals surface area contributed by atoms with E-state index in [1.165, 1.54) is 18.4 Å². The molecule has 2 heteroatoms. The first-order valence-electron chi connectivity index (χ1n) is 5.40. The highest BCUT2D eigenvalue weighted by molar-refractivity contribution is 5.94. The number of esters is 1. The van der Waals surface area contributed by atoms with Gasteiger partial charge in [-0.05, 0) is 44.1 Å². The predicted octanol–water partition coefficient (Wildman–Crippen LogP) is 2.61. The number of carbonyl (C=O) groups is 1. The summed E-state index contributed by atoms with van der Waals surface area (Å²) in [4.78, 5) is 11.6. The van der Waals surface area contributed by atoms with Crippen LogP contribution in [0, 0.1) is 5.92 Å². The maximum atomic E-state index is 11.6. The molecule has 14 heavy (non-hydrogen) atoms. The van der Waals surface area contributed by atoms with E-state index in [1.54, 1.807) is 0 Å². The van der Waals surface area contributed by atoms with Gasteiger partial charge in [-0.2, -0.15) is 0 Å². The van der Waals surface area contributed by atoms with Crippen molar-refractivity contribution >= 4 is 5.97 Å². The van der Waals surface area contributed by atoms with Crippen molar-refractivity contribution in [2.24, 2.45) is 5.92 Å².